The molecule has 1 aromatic carbocycles. The van der Waals surface area contributed by atoms with E-state index in [9.17, 15) is 8.42 Å². The number of ether oxygens (including phenoxy) is 1. The van der Waals surface area contributed by atoms with Gasteiger partial charge in [-0.1, -0.05) is 12.1 Å². The first-order valence-corrected chi connectivity index (χ1v) is 9.23. The van der Waals surface area contributed by atoms with Gasteiger partial charge in [0.05, 0.1) is 11.0 Å². The van der Waals surface area contributed by atoms with Crippen LogP contribution in [0.25, 0.3) is 0 Å². The summed E-state index contributed by atoms with van der Waals surface area (Å²) in [7, 11) is -0.271. The molecule has 0 aromatic heterocycles. The topological polar surface area (TPSA) is 58.6 Å². The maximum Gasteiger partial charge on any atom is 0.242 e. The lowest BCUT2D eigenvalue weighted by Crippen LogP contribution is -2.24. The van der Waals surface area contributed by atoms with E-state index in [-0.39, 0.29) is 6.04 Å². The third-order valence-electron chi connectivity index (χ3n) is 4.10. The van der Waals surface area contributed by atoms with E-state index in [1.165, 1.54) is 10.7 Å². The van der Waals surface area contributed by atoms with Gasteiger partial charge in [0.15, 0.2) is 0 Å². The maximum atomic E-state index is 12.0. The Morgan fingerprint density at radius 1 is 1.32 bits per heavy atom. The summed E-state index contributed by atoms with van der Waals surface area (Å²) in [6.45, 7) is 3.89. The Labute approximate surface area is 133 Å². The van der Waals surface area contributed by atoms with Crippen LogP contribution in [0.1, 0.15) is 37.8 Å². The Kier molecular flexibility index (Phi) is 5.97. The number of nitrogens with one attached hydrogen (secondary N) is 1. The standard InChI is InChI=1S/C16H26N2O3S/c1-13(17-11-10-15-5-4-12-21-15)14-6-8-16(9-7-14)22(19,20)18(2)3/h6-9,13,15,17H,4-5,10-12H2,1-3H3. The molecular formula is C16H26N2O3S. The minimum Gasteiger partial charge on any atom is -0.378 e. The minimum atomic E-state index is -3.35. The van der Waals surface area contributed by atoms with Crippen LogP contribution < -0.4 is 5.32 Å². The van der Waals surface area contributed by atoms with Gasteiger partial charge in [-0.15, -0.1) is 0 Å². The molecule has 0 amide bonds. The molecule has 0 aliphatic carbocycles. The average molecular weight is 326 g/mol. The Morgan fingerprint density at radius 2 is 2.00 bits per heavy atom. The normalized spacial score (nSPS) is 20.5. The molecule has 1 N–H and O–H groups in total. The molecule has 5 nitrogen and oxygen atoms in total. The van der Waals surface area contributed by atoms with Crippen LogP contribution in [0.15, 0.2) is 29.2 Å². The summed E-state index contributed by atoms with van der Waals surface area (Å²) < 4.78 is 30.9. The van der Waals surface area contributed by atoms with Crippen molar-refractivity contribution in [1.82, 2.24) is 9.62 Å². The third-order valence-corrected chi connectivity index (χ3v) is 5.93. The van der Waals surface area contributed by atoms with Crippen molar-refractivity contribution in [3.63, 3.8) is 0 Å². The van der Waals surface area contributed by atoms with Crippen LogP contribution in [0.2, 0.25) is 0 Å². The SMILES string of the molecule is CC(NCCC1CCCO1)c1ccc(S(=O)(=O)N(C)C)cc1. The zero-order valence-electron chi connectivity index (χ0n) is 13.6. The second-order valence-electron chi connectivity index (χ2n) is 5.96. The van der Waals surface area contributed by atoms with Gasteiger partial charge in [0.2, 0.25) is 10.0 Å². The zero-order valence-corrected chi connectivity index (χ0v) is 14.4. The maximum absolute atomic E-state index is 12.0. The first-order chi connectivity index (χ1) is 10.4. The summed E-state index contributed by atoms with van der Waals surface area (Å²) in [6.07, 6.45) is 3.75. The number of benzene rings is 1. The Bertz CT molecular complexity index is 564. The van der Waals surface area contributed by atoms with E-state index in [2.05, 4.69) is 12.2 Å². The Hall–Kier alpha value is -0.950. The molecule has 1 fully saturated rings. The smallest absolute Gasteiger partial charge is 0.242 e. The first kappa shape index (κ1) is 17.4. The number of hydrogen-bond acceptors (Lipinski definition) is 4. The van der Waals surface area contributed by atoms with E-state index >= 15 is 0 Å². The molecule has 0 spiro atoms. The van der Waals surface area contributed by atoms with E-state index in [1.54, 1.807) is 26.2 Å². The van der Waals surface area contributed by atoms with E-state index in [1.807, 2.05) is 12.1 Å². The Morgan fingerprint density at radius 3 is 2.55 bits per heavy atom. The van der Waals surface area contributed by atoms with Crippen LogP contribution in [0.5, 0.6) is 0 Å². The summed E-state index contributed by atoms with van der Waals surface area (Å²) in [5.74, 6) is 0. The van der Waals surface area contributed by atoms with Gasteiger partial charge in [0.25, 0.3) is 0 Å². The number of rotatable bonds is 7. The lowest BCUT2D eigenvalue weighted by Gasteiger charge is -2.17. The average Bonchev–Trinajstić information content (AvgIpc) is 3.00. The number of nitrogens with zero attached hydrogens (tertiary/aromatic N) is 1. The summed E-state index contributed by atoms with van der Waals surface area (Å²) >= 11 is 0. The van der Waals surface area contributed by atoms with Gasteiger partial charge in [-0.3, -0.25) is 0 Å². The van der Waals surface area contributed by atoms with Crippen molar-refractivity contribution in [2.45, 2.75) is 43.2 Å². The molecule has 0 bridgehead atoms. The molecule has 1 aliphatic rings. The van der Waals surface area contributed by atoms with Crippen molar-refractivity contribution in [3.05, 3.63) is 29.8 Å². The zero-order chi connectivity index (χ0) is 16.2. The second-order valence-corrected chi connectivity index (χ2v) is 8.11. The van der Waals surface area contributed by atoms with Crippen LogP contribution >= 0.6 is 0 Å². The van der Waals surface area contributed by atoms with E-state index in [0.717, 1.165) is 31.6 Å². The summed E-state index contributed by atoms with van der Waals surface area (Å²) in [5.41, 5.74) is 1.09. The van der Waals surface area contributed by atoms with Crippen LogP contribution in [0, 0.1) is 0 Å². The molecule has 1 aromatic rings. The number of sulfonamides is 1. The first-order valence-electron chi connectivity index (χ1n) is 7.78. The van der Waals surface area contributed by atoms with Gasteiger partial charge in [0.1, 0.15) is 0 Å². The molecule has 2 rings (SSSR count). The van der Waals surface area contributed by atoms with Gasteiger partial charge in [-0.2, -0.15) is 0 Å². The van der Waals surface area contributed by atoms with E-state index < -0.39 is 10.0 Å². The molecule has 2 unspecified atom stereocenters. The molecular weight excluding hydrogens is 300 g/mol. The molecule has 0 saturated carbocycles. The van der Waals surface area contributed by atoms with Crippen molar-refractivity contribution < 1.29 is 13.2 Å². The third kappa shape index (κ3) is 4.29. The molecule has 22 heavy (non-hydrogen) atoms. The van der Waals surface area contributed by atoms with Crippen LogP contribution in [0.4, 0.5) is 0 Å². The van der Waals surface area contributed by atoms with Crippen molar-refractivity contribution in [2.75, 3.05) is 27.2 Å². The van der Waals surface area contributed by atoms with Crippen LogP contribution in [-0.4, -0.2) is 46.1 Å². The highest BCUT2D eigenvalue weighted by Gasteiger charge is 2.18. The molecule has 6 heteroatoms. The molecule has 1 heterocycles. The summed E-state index contributed by atoms with van der Waals surface area (Å²) in [6, 6.07) is 7.28. The molecule has 1 saturated heterocycles. The fourth-order valence-corrected chi connectivity index (χ4v) is 3.49. The largest absolute Gasteiger partial charge is 0.378 e. The molecule has 1 aliphatic heterocycles. The predicted octanol–water partition coefficient (Wildman–Crippen LogP) is 2.16. The monoisotopic (exact) mass is 326 g/mol. The van der Waals surface area contributed by atoms with Gasteiger partial charge >= 0.3 is 0 Å². The quantitative estimate of drug-likeness (QED) is 0.834. The minimum absolute atomic E-state index is 0.192. The van der Waals surface area contributed by atoms with Gasteiger partial charge in [-0.05, 0) is 50.4 Å². The van der Waals surface area contributed by atoms with Crippen molar-refractivity contribution in [2.24, 2.45) is 0 Å². The molecule has 124 valence electrons. The van der Waals surface area contributed by atoms with Gasteiger partial charge < -0.3 is 10.1 Å². The fourth-order valence-electron chi connectivity index (χ4n) is 2.59. The number of hydrogen-bond donors (Lipinski definition) is 1. The van der Waals surface area contributed by atoms with Crippen molar-refractivity contribution in [3.8, 4) is 0 Å². The fraction of sp³-hybridized carbons (Fsp3) is 0.625. The van der Waals surface area contributed by atoms with Crippen LogP contribution in [-0.2, 0) is 14.8 Å². The Balaban J connectivity index is 1.89. The highest BCUT2D eigenvalue weighted by molar-refractivity contribution is 7.89. The summed E-state index contributed by atoms with van der Waals surface area (Å²) in [5, 5.41) is 3.47. The molecule has 0 radical (unpaired) electrons. The van der Waals surface area contributed by atoms with E-state index in [0.29, 0.717) is 11.0 Å². The lowest BCUT2D eigenvalue weighted by molar-refractivity contribution is 0.103. The van der Waals surface area contributed by atoms with Crippen LogP contribution in [0.3, 0.4) is 0 Å². The molecule has 2 atom stereocenters. The van der Waals surface area contributed by atoms with Crippen molar-refractivity contribution >= 4 is 10.0 Å². The van der Waals surface area contributed by atoms with Gasteiger partial charge in [0, 0.05) is 26.7 Å². The van der Waals surface area contributed by atoms with E-state index in [4.69, 9.17) is 4.74 Å². The summed E-state index contributed by atoms with van der Waals surface area (Å²) in [4.78, 5) is 0.327. The highest BCUT2D eigenvalue weighted by atomic mass is 32.2. The predicted molar refractivity (Wildman–Crippen MR) is 87.3 cm³/mol. The lowest BCUT2D eigenvalue weighted by atomic mass is 10.1. The second kappa shape index (κ2) is 7.55. The van der Waals surface area contributed by atoms with Crippen molar-refractivity contribution in [1.29, 1.82) is 0 Å². The highest BCUT2D eigenvalue weighted by Crippen LogP contribution is 2.19. The van der Waals surface area contributed by atoms with Gasteiger partial charge in [-0.25, -0.2) is 12.7 Å².